The van der Waals surface area contributed by atoms with Crippen LogP contribution in [0, 0.1) is 0 Å². The van der Waals surface area contributed by atoms with Crippen LogP contribution in [0.4, 0.5) is 5.69 Å². The number of phenolic OH excluding ortho intramolecular Hbond substituents is 1. The maximum Gasteiger partial charge on any atom is 0.338 e. The van der Waals surface area contributed by atoms with Gasteiger partial charge in [0.1, 0.15) is 17.2 Å². The highest BCUT2D eigenvalue weighted by atomic mass is 16.5. The predicted octanol–water partition coefficient (Wildman–Crippen LogP) is 3.62. The van der Waals surface area contributed by atoms with Crippen molar-refractivity contribution in [2.45, 2.75) is 6.92 Å². The van der Waals surface area contributed by atoms with Crippen molar-refractivity contribution in [2.24, 2.45) is 4.99 Å². The summed E-state index contributed by atoms with van der Waals surface area (Å²) in [5, 5.41) is 9.60. The van der Waals surface area contributed by atoms with Crippen molar-refractivity contribution < 1.29 is 14.6 Å². The first-order valence-corrected chi connectivity index (χ1v) is 6.36. The molecule has 0 unspecified atom stereocenters. The molecule has 0 bridgehead atoms. The van der Waals surface area contributed by atoms with E-state index in [1.807, 2.05) is 0 Å². The Labute approximate surface area is 123 Å². The molecule has 0 aliphatic heterocycles. The monoisotopic (exact) mass is 281 g/mol. The molecule has 2 aromatic carbocycles. The molecule has 2 rings (SSSR count). The number of carbonyl (C=O) groups is 1. The van der Waals surface area contributed by atoms with Crippen molar-refractivity contribution in [3.05, 3.63) is 66.2 Å². The molecule has 0 atom stereocenters. The highest BCUT2D eigenvalue weighted by Crippen LogP contribution is 2.24. The molecule has 0 saturated heterocycles. The normalized spacial score (nSPS) is 10.5. The highest BCUT2D eigenvalue weighted by molar-refractivity contribution is 5.89. The number of para-hydroxylation sites is 2. The smallest absolute Gasteiger partial charge is 0.338 e. The second-order valence-corrected chi connectivity index (χ2v) is 4.49. The van der Waals surface area contributed by atoms with Gasteiger partial charge in [-0.25, -0.2) is 4.79 Å². The van der Waals surface area contributed by atoms with E-state index >= 15 is 0 Å². The minimum atomic E-state index is -0.453. The zero-order valence-electron chi connectivity index (χ0n) is 11.6. The SMILES string of the molecule is C=C(C)C(=O)Oc1ccc(C=Nc2ccccc2O)cc1. The first kappa shape index (κ1) is 14.5. The van der Waals surface area contributed by atoms with Gasteiger partial charge < -0.3 is 9.84 Å². The van der Waals surface area contributed by atoms with E-state index in [9.17, 15) is 9.90 Å². The Balaban J connectivity index is 2.08. The number of rotatable bonds is 4. The molecule has 4 nitrogen and oxygen atoms in total. The van der Waals surface area contributed by atoms with Crippen molar-refractivity contribution in [3.8, 4) is 11.5 Å². The van der Waals surface area contributed by atoms with E-state index in [1.165, 1.54) is 0 Å². The van der Waals surface area contributed by atoms with Crippen LogP contribution in [-0.2, 0) is 4.79 Å². The summed E-state index contributed by atoms with van der Waals surface area (Å²) in [6.45, 7) is 5.11. The van der Waals surface area contributed by atoms with Crippen LogP contribution >= 0.6 is 0 Å². The predicted molar refractivity (Wildman–Crippen MR) is 82.3 cm³/mol. The Morgan fingerprint density at radius 2 is 1.86 bits per heavy atom. The van der Waals surface area contributed by atoms with E-state index in [1.54, 1.807) is 61.7 Å². The fourth-order valence-corrected chi connectivity index (χ4v) is 1.53. The average Bonchev–Trinajstić information content (AvgIpc) is 2.48. The summed E-state index contributed by atoms with van der Waals surface area (Å²) in [4.78, 5) is 15.6. The molecule has 1 N–H and O–H groups in total. The fourth-order valence-electron chi connectivity index (χ4n) is 1.53. The molecule has 0 amide bonds. The number of ether oxygens (including phenoxy) is 1. The van der Waals surface area contributed by atoms with Crippen molar-refractivity contribution in [3.63, 3.8) is 0 Å². The summed E-state index contributed by atoms with van der Waals surface area (Å²) in [7, 11) is 0. The fraction of sp³-hybridized carbons (Fsp3) is 0.0588. The first-order valence-electron chi connectivity index (χ1n) is 6.36. The third-order valence-electron chi connectivity index (χ3n) is 2.67. The van der Waals surface area contributed by atoms with Crippen LogP contribution in [0.3, 0.4) is 0 Å². The molecule has 106 valence electrons. The number of aromatic hydroxyl groups is 1. The van der Waals surface area contributed by atoms with Gasteiger partial charge in [-0.2, -0.15) is 0 Å². The Morgan fingerprint density at radius 1 is 1.19 bits per heavy atom. The van der Waals surface area contributed by atoms with Crippen LogP contribution in [0.2, 0.25) is 0 Å². The summed E-state index contributed by atoms with van der Waals surface area (Å²) < 4.78 is 5.09. The molecule has 0 radical (unpaired) electrons. The van der Waals surface area contributed by atoms with Crippen LogP contribution in [0.1, 0.15) is 12.5 Å². The number of esters is 1. The van der Waals surface area contributed by atoms with Gasteiger partial charge in [0.15, 0.2) is 0 Å². The number of aliphatic imine (C=N–C) groups is 1. The highest BCUT2D eigenvalue weighted by Gasteiger charge is 2.04. The lowest BCUT2D eigenvalue weighted by atomic mass is 10.2. The maximum absolute atomic E-state index is 11.4. The lowest BCUT2D eigenvalue weighted by molar-refractivity contribution is -0.130. The standard InChI is InChI=1S/C17H15NO3/c1-12(2)17(20)21-14-9-7-13(8-10-14)11-18-15-5-3-4-6-16(15)19/h3-11,19H,1H2,2H3. The van der Waals surface area contributed by atoms with Crippen LogP contribution in [0.5, 0.6) is 11.5 Å². The Hall–Kier alpha value is -2.88. The minimum Gasteiger partial charge on any atom is -0.506 e. The lowest BCUT2D eigenvalue weighted by Gasteiger charge is -2.03. The Kier molecular flexibility index (Phi) is 4.51. The van der Waals surface area contributed by atoms with Gasteiger partial charge in [-0.05, 0) is 48.9 Å². The molecule has 4 heteroatoms. The van der Waals surface area contributed by atoms with Crippen molar-refractivity contribution in [1.82, 2.24) is 0 Å². The molecule has 0 spiro atoms. The van der Waals surface area contributed by atoms with Gasteiger partial charge in [-0.3, -0.25) is 4.99 Å². The second kappa shape index (κ2) is 6.52. The van der Waals surface area contributed by atoms with Crippen LogP contribution in [-0.4, -0.2) is 17.3 Å². The average molecular weight is 281 g/mol. The molecule has 21 heavy (non-hydrogen) atoms. The number of hydrogen-bond acceptors (Lipinski definition) is 4. The topological polar surface area (TPSA) is 58.9 Å². The van der Waals surface area contributed by atoms with E-state index in [2.05, 4.69) is 11.6 Å². The van der Waals surface area contributed by atoms with E-state index in [0.29, 0.717) is 17.0 Å². The number of nitrogens with zero attached hydrogens (tertiary/aromatic N) is 1. The van der Waals surface area contributed by atoms with E-state index in [4.69, 9.17) is 4.74 Å². The first-order chi connectivity index (χ1) is 10.1. The zero-order valence-corrected chi connectivity index (χ0v) is 11.6. The maximum atomic E-state index is 11.4. The van der Waals surface area contributed by atoms with Crippen molar-refractivity contribution in [1.29, 1.82) is 0 Å². The summed E-state index contributed by atoms with van der Waals surface area (Å²) in [6, 6.07) is 13.7. The second-order valence-electron chi connectivity index (χ2n) is 4.49. The molecule has 2 aromatic rings. The number of carbonyl (C=O) groups excluding carboxylic acids is 1. The van der Waals surface area contributed by atoms with Crippen LogP contribution in [0.15, 0.2) is 65.7 Å². The molecule has 0 aliphatic carbocycles. The van der Waals surface area contributed by atoms with Gasteiger partial charge in [-0.1, -0.05) is 18.7 Å². The largest absolute Gasteiger partial charge is 0.506 e. The number of phenols is 1. The summed E-state index contributed by atoms with van der Waals surface area (Å²) in [6.07, 6.45) is 1.62. The van der Waals surface area contributed by atoms with Gasteiger partial charge in [0, 0.05) is 11.8 Å². The minimum absolute atomic E-state index is 0.126. The van der Waals surface area contributed by atoms with Gasteiger partial charge in [0.25, 0.3) is 0 Å². The number of hydrogen-bond donors (Lipinski definition) is 1. The lowest BCUT2D eigenvalue weighted by Crippen LogP contribution is -2.07. The molecule has 0 aromatic heterocycles. The molecule has 0 aliphatic rings. The third kappa shape index (κ3) is 4.04. The van der Waals surface area contributed by atoms with Gasteiger partial charge in [0.05, 0.1) is 0 Å². The molecular weight excluding hydrogens is 266 g/mol. The Bertz CT molecular complexity index is 687. The molecule has 0 fully saturated rings. The van der Waals surface area contributed by atoms with Crippen molar-refractivity contribution >= 4 is 17.9 Å². The van der Waals surface area contributed by atoms with E-state index in [-0.39, 0.29) is 5.75 Å². The summed E-state index contributed by atoms with van der Waals surface area (Å²) in [5.41, 5.74) is 1.67. The van der Waals surface area contributed by atoms with Crippen LogP contribution < -0.4 is 4.74 Å². The van der Waals surface area contributed by atoms with E-state index < -0.39 is 5.97 Å². The van der Waals surface area contributed by atoms with Gasteiger partial charge in [0.2, 0.25) is 0 Å². The Morgan fingerprint density at radius 3 is 2.48 bits per heavy atom. The van der Waals surface area contributed by atoms with E-state index in [0.717, 1.165) is 5.56 Å². The van der Waals surface area contributed by atoms with Gasteiger partial charge >= 0.3 is 5.97 Å². The van der Waals surface area contributed by atoms with Crippen molar-refractivity contribution in [2.75, 3.05) is 0 Å². The zero-order chi connectivity index (χ0) is 15.2. The quantitative estimate of drug-likeness (QED) is 0.403. The summed E-state index contributed by atoms with van der Waals surface area (Å²) >= 11 is 0. The molecule has 0 saturated carbocycles. The number of benzene rings is 2. The molecular formula is C17H15NO3. The third-order valence-corrected chi connectivity index (χ3v) is 2.67. The van der Waals surface area contributed by atoms with Gasteiger partial charge in [-0.15, -0.1) is 0 Å². The van der Waals surface area contributed by atoms with Crippen LogP contribution in [0.25, 0.3) is 0 Å². The molecule has 0 heterocycles. The summed E-state index contributed by atoms with van der Waals surface area (Å²) in [5.74, 6) is 0.120.